The van der Waals surface area contributed by atoms with Crippen LogP contribution in [0.4, 0.5) is 11.6 Å². The van der Waals surface area contributed by atoms with Crippen LogP contribution in [0.1, 0.15) is 22.5 Å². The van der Waals surface area contributed by atoms with Gasteiger partial charge in [-0.25, -0.2) is 15.0 Å². The van der Waals surface area contributed by atoms with Gasteiger partial charge in [0.2, 0.25) is 0 Å². The Morgan fingerprint density at radius 2 is 2.10 bits per heavy atom. The lowest BCUT2D eigenvalue weighted by molar-refractivity contribution is 0.0940. The monoisotopic (exact) mass is 408 g/mol. The first-order valence-electron chi connectivity index (χ1n) is 9.71. The van der Waals surface area contributed by atoms with Crippen LogP contribution in [-0.4, -0.2) is 50.0 Å². The summed E-state index contributed by atoms with van der Waals surface area (Å²) in [6.45, 7) is 1.40. The van der Waals surface area contributed by atoms with Gasteiger partial charge in [0.15, 0.2) is 17.3 Å². The van der Waals surface area contributed by atoms with E-state index in [-0.39, 0.29) is 17.7 Å². The van der Waals surface area contributed by atoms with Gasteiger partial charge in [0.25, 0.3) is 5.91 Å². The Morgan fingerprint density at radius 1 is 1.20 bits per heavy atom. The van der Waals surface area contributed by atoms with E-state index < -0.39 is 0 Å². The van der Waals surface area contributed by atoms with Crippen LogP contribution in [0.3, 0.4) is 0 Å². The molecular weight excluding hydrogens is 380 g/mol. The number of nitrogen functional groups attached to an aromatic ring is 1. The summed E-state index contributed by atoms with van der Waals surface area (Å²) in [6, 6.07) is 11.3. The first kappa shape index (κ1) is 18.0. The summed E-state index contributed by atoms with van der Waals surface area (Å²) in [7, 11) is 0. The van der Waals surface area contributed by atoms with Crippen molar-refractivity contribution in [2.24, 2.45) is 0 Å². The fourth-order valence-corrected chi connectivity index (χ4v) is 3.63. The van der Waals surface area contributed by atoms with E-state index >= 15 is 0 Å². The quantitative estimate of drug-likeness (QED) is 0.474. The molecule has 4 aromatic rings. The van der Waals surface area contributed by atoms with Crippen molar-refractivity contribution in [3.05, 3.63) is 60.6 Å². The molecular formula is C21H28N8O. The number of H-pyrrole nitrogens is 1. The molecule has 9 heteroatoms. The van der Waals surface area contributed by atoms with Gasteiger partial charge in [-0.3, -0.25) is 9.78 Å². The summed E-state index contributed by atoms with van der Waals surface area (Å²) in [4.78, 5) is 35.3. The van der Waals surface area contributed by atoms with Crippen molar-refractivity contribution in [3.8, 4) is 11.5 Å². The highest BCUT2D eigenvalue weighted by Crippen LogP contribution is 2.26. The predicted molar refractivity (Wildman–Crippen MR) is 122 cm³/mol. The highest BCUT2D eigenvalue weighted by molar-refractivity contribution is 5.94. The lowest BCUT2D eigenvalue weighted by Gasteiger charge is -2.18. The zero-order chi connectivity index (χ0) is 20.5. The van der Waals surface area contributed by atoms with Crippen molar-refractivity contribution in [2.75, 3.05) is 23.7 Å². The van der Waals surface area contributed by atoms with Crippen molar-refractivity contribution in [3.63, 3.8) is 0 Å². The summed E-state index contributed by atoms with van der Waals surface area (Å²) in [5, 5.41) is 3.06. The molecule has 1 amide bonds. The van der Waals surface area contributed by atoms with E-state index in [0.717, 1.165) is 24.0 Å². The number of nitrogens with one attached hydrogen (secondary N) is 2. The van der Waals surface area contributed by atoms with Crippen molar-refractivity contribution >= 4 is 28.6 Å². The highest BCUT2D eigenvalue weighted by atomic mass is 16.1. The number of pyridine rings is 1. The Kier molecular flexibility index (Phi) is 4.47. The van der Waals surface area contributed by atoms with Crippen molar-refractivity contribution in [1.82, 2.24) is 30.2 Å². The van der Waals surface area contributed by atoms with E-state index in [1.807, 2.05) is 24.3 Å². The number of nitrogens with zero attached hydrogens (tertiary/aromatic N) is 5. The molecule has 0 saturated carbocycles. The highest BCUT2D eigenvalue weighted by Gasteiger charge is 2.26. The number of carbonyl (C=O) groups is 1. The smallest absolute Gasteiger partial charge is 0.253 e. The van der Waals surface area contributed by atoms with Crippen LogP contribution < -0.4 is 16.0 Å². The second-order valence-electron chi connectivity index (χ2n) is 7.21. The molecule has 4 heterocycles. The molecule has 0 radical (unpaired) electrons. The zero-order valence-electron chi connectivity index (χ0n) is 16.1. The van der Waals surface area contributed by atoms with Gasteiger partial charge in [-0.05, 0) is 30.7 Å². The molecule has 0 spiro atoms. The van der Waals surface area contributed by atoms with Crippen LogP contribution in [0.2, 0.25) is 0 Å². The number of para-hydroxylation sites is 2. The second kappa shape index (κ2) is 7.43. The standard InChI is InChI=1S/C21H20N8O.4H2/c22-19-18(20-26-15-5-1-2-6-16(15)27-20)28-17(11-24-19)29-9-7-14(12-29)25-21(30)13-4-3-8-23-10-13;;;;/h1-6,8,10-11,14H,7,9,12H2,(H2,22,24)(H,25,30)(H,26,27);4*1H/t14-;;;;/m0..../s1. The maximum absolute atomic E-state index is 12.4. The molecule has 1 atom stereocenters. The normalized spacial score (nSPS) is 16.1. The number of imidazole rings is 1. The number of anilines is 2. The number of benzene rings is 1. The van der Waals surface area contributed by atoms with Gasteiger partial charge in [0.1, 0.15) is 5.82 Å². The molecule has 0 aliphatic carbocycles. The van der Waals surface area contributed by atoms with E-state index in [0.29, 0.717) is 35.3 Å². The number of aromatic nitrogens is 5. The Bertz CT molecular complexity index is 1190. The largest absolute Gasteiger partial charge is 0.382 e. The van der Waals surface area contributed by atoms with Crippen LogP contribution in [0.25, 0.3) is 22.6 Å². The van der Waals surface area contributed by atoms with Crippen LogP contribution in [0, 0.1) is 0 Å². The number of nitrogens with two attached hydrogens (primary N) is 1. The molecule has 9 nitrogen and oxygen atoms in total. The van der Waals surface area contributed by atoms with Crippen molar-refractivity contribution < 1.29 is 10.5 Å². The molecule has 4 N–H and O–H groups in total. The first-order valence-corrected chi connectivity index (χ1v) is 9.71. The molecule has 1 aliphatic rings. The summed E-state index contributed by atoms with van der Waals surface area (Å²) in [5.74, 6) is 1.49. The summed E-state index contributed by atoms with van der Waals surface area (Å²) < 4.78 is 0. The topological polar surface area (TPSA) is 126 Å². The third-order valence-electron chi connectivity index (χ3n) is 5.17. The number of aromatic amines is 1. The molecule has 1 aliphatic heterocycles. The number of hydrogen-bond donors (Lipinski definition) is 3. The second-order valence-corrected chi connectivity index (χ2v) is 7.21. The van der Waals surface area contributed by atoms with E-state index in [1.54, 1.807) is 30.7 Å². The SMILES string of the molecule is Nc1ncc(N2CC[C@H](NC(=O)c3cccnc3)C2)nc1-c1nc2ccccc2[nH]1.[HH].[HH].[HH].[HH]. The number of amides is 1. The summed E-state index contributed by atoms with van der Waals surface area (Å²) in [6.07, 6.45) is 5.69. The number of rotatable bonds is 4. The van der Waals surface area contributed by atoms with Crippen LogP contribution in [0.5, 0.6) is 0 Å². The fraction of sp³-hybridized carbons (Fsp3) is 0.190. The van der Waals surface area contributed by atoms with Gasteiger partial charge in [-0.15, -0.1) is 0 Å². The van der Waals surface area contributed by atoms with Gasteiger partial charge >= 0.3 is 0 Å². The van der Waals surface area contributed by atoms with Crippen molar-refractivity contribution in [2.45, 2.75) is 12.5 Å². The van der Waals surface area contributed by atoms with Gasteiger partial charge in [0, 0.05) is 37.2 Å². The summed E-state index contributed by atoms with van der Waals surface area (Å²) in [5.41, 5.74) is 8.92. The Balaban J connectivity index is 0.00000144. The third kappa shape index (κ3) is 3.41. The van der Waals surface area contributed by atoms with Gasteiger partial charge in [-0.2, -0.15) is 0 Å². The number of fused-ring (bicyclic) bond motifs is 1. The fourth-order valence-electron chi connectivity index (χ4n) is 3.63. The van der Waals surface area contributed by atoms with Gasteiger partial charge in [-0.1, -0.05) is 12.1 Å². The average molecular weight is 409 g/mol. The molecule has 5 rings (SSSR count). The van der Waals surface area contributed by atoms with E-state index in [1.165, 1.54) is 0 Å². The lowest BCUT2D eigenvalue weighted by Crippen LogP contribution is -2.37. The Labute approximate surface area is 178 Å². The van der Waals surface area contributed by atoms with E-state index in [4.69, 9.17) is 10.7 Å². The van der Waals surface area contributed by atoms with Gasteiger partial charge < -0.3 is 20.9 Å². The van der Waals surface area contributed by atoms with Crippen LogP contribution in [0.15, 0.2) is 55.0 Å². The van der Waals surface area contributed by atoms with Crippen LogP contribution >= 0.6 is 0 Å². The lowest BCUT2D eigenvalue weighted by atomic mass is 10.2. The zero-order valence-corrected chi connectivity index (χ0v) is 16.1. The minimum atomic E-state index is -0.124. The minimum absolute atomic E-state index is 0. The third-order valence-corrected chi connectivity index (χ3v) is 5.17. The molecule has 30 heavy (non-hydrogen) atoms. The number of carbonyl (C=O) groups excluding carboxylic acids is 1. The molecule has 158 valence electrons. The van der Waals surface area contributed by atoms with Crippen LogP contribution in [-0.2, 0) is 0 Å². The molecule has 1 aromatic carbocycles. The van der Waals surface area contributed by atoms with E-state index in [9.17, 15) is 4.79 Å². The maximum Gasteiger partial charge on any atom is 0.253 e. The summed E-state index contributed by atoms with van der Waals surface area (Å²) >= 11 is 0. The van der Waals surface area contributed by atoms with Crippen molar-refractivity contribution in [1.29, 1.82) is 0 Å². The Hall–Kier alpha value is -4.01. The van der Waals surface area contributed by atoms with Gasteiger partial charge in [0.05, 0.1) is 22.8 Å². The molecule has 0 unspecified atom stereocenters. The molecule has 1 saturated heterocycles. The maximum atomic E-state index is 12.4. The Morgan fingerprint density at radius 3 is 2.93 bits per heavy atom. The molecule has 1 fully saturated rings. The average Bonchev–Trinajstić information content (AvgIpc) is 3.41. The molecule has 0 bridgehead atoms. The molecule has 3 aromatic heterocycles. The number of hydrogen-bond acceptors (Lipinski definition) is 7. The predicted octanol–water partition coefficient (Wildman–Crippen LogP) is 2.99. The first-order chi connectivity index (χ1) is 14.7. The minimum Gasteiger partial charge on any atom is -0.382 e. The van der Waals surface area contributed by atoms with E-state index in [2.05, 4.69) is 30.2 Å².